The van der Waals surface area contributed by atoms with E-state index in [0.29, 0.717) is 17.5 Å². The lowest BCUT2D eigenvalue weighted by Crippen LogP contribution is -2.60. The Morgan fingerprint density at radius 2 is 1.88 bits per heavy atom. The first-order valence-corrected chi connectivity index (χ1v) is 11.7. The van der Waals surface area contributed by atoms with E-state index in [0.717, 1.165) is 25.0 Å². The molecule has 10 heteroatoms. The van der Waals surface area contributed by atoms with Gasteiger partial charge in [0.1, 0.15) is 24.4 Å². The Morgan fingerprint density at radius 3 is 2.47 bits per heavy atom. The topological polar surface area (TPSA) is 126 Å². The zero-order valence-corrected chi connectivity index (χ0v) is 19.6. The van der Waals surface area contributed by atoms with Gasteiger partial charge in [-0.15, -0.1) is 5.10 Å². The SMILES string of the molecule is Cc1c(Cc2ccc(OC3CCC3)c(F)c2)c(O[C@@H]2O[C@H](CO)[C@@H](O)[C@H](O)[C@H]2O)nn1C(C)C. The van der Waals surface area contributed by atoms with Gasteiger partial charge < -0.3 is 34.6 Å². The lowest BCUT2D eigenvalue weighted by Gasteiger charge is -2.39. The molecule has 0 amide bonds. The third-order valence-corrected chi connectivity index (χ3v) is 6.53. The van der Waals surface area contributed by atoms with Crippen LogP contribution in [-0.4, -0.2) is 73.6 Å². The smallest absolute Gasteiger partial charge is 0.239 e. The highest BCUT2D eigenvalue weighted by molar-refractivity contribution is 5.39. The Hall–Kier alpha value is -2.24. The number of hydrogen-bond donors (Lipinski definition) is 4. The molecule has 0 unspecified atom stereocenters. The van der Waals surface area contributed by atoms with Crippen LogP contribution < -0.4 is 9.47 Å². The first-order valence-electron chi connectivity index (χ1n) is 11.7. The number of aliphatic hydroxyl groups excluding tert-OH is 4. The van der Waals surface area contributed by atoms with Gasteiger partial charge in [0.15, 0.2) is 11.6 Å². The van der Waals surface area contributed by atoms with Crippen molar-refractivity contribution in [3.05, 3.63) is 40.8 Å². The molecule has 2 fully saturated rings. The summed E-state index contributed by atoms with van der Waals surface area (Å²) < 4.78 is 33.5. The number of aliphatic hydroxyl groups is 4. The molecule has 1 aliphatic heterocycles. The molecule has 9 nitrogen and oxygen atoms in total. The Labute approximate surface area is 197 Å². The molecule has 0 spiro atoms. The summed E-state index contributed by atoms with van der Waals surface area (Å²) in [6, 6.07) is 4.85. The van der Waals surface area contributed by atoms with Crippen molar-refractivity contribution in [2.75, 3.05) is 6.61 Å². The number of halogens is 1. The summed E-state index contributed by atoms with van der Waals surface area (Å²) in [5.74, 6) is -0.0405. The van der Waals surface area contributed by atoms with Crippen LogP contribution in [0.25, 0.3) is 0 Å². The molecule has 2 aliphatic rings. The normalized spacial score (nSPS) is 27.6. The van der Waals surface area contributed by atoms with Gasteiger partial charge >= 0.3 is 0 Å². The number of aromatic nitrogens is 2. The minimum atomic E-state index is -1.56. The van der Waals surface area contributed by atoms with Crippen molar-refractivity contribution in [2.24, 2.45) is 0 Å². The number of ether oxygens (including phenoxy) is 3. The highest BCUT2D eigenvalue weighted by atomic mass is 19.1. The molecule has 1 aromatic carbocycles. The predicted molar refractivity (Wildman–Crippen MR) is 119 cm³/mol. The summed E-state index contributed by atoms with van der Waals surface area (Å²) in [7, 11) is 0. The maximum absolute atomic E-state index is 14.7. The highest BCUT2D eigenvalue weighted by Gasteiger charge is 2.45. The van der Waals surface area contributed by atoms with E-state index < -0.39 is 43.1 Å². The monoisotopic (exact) mass is 480 g/mol. The van der Waals surface area contributed by atoms with Crippen LogP contribution in [0.1, 0.15) is 56.0 Å². The van der Waals surface area contributed by atoms with Crippen molar-refractivity contribution in [1.82, 2.24) is 9.78 Å². The van der Waals surface area contributed by atoms with Gasteiger partial charge in [-0.25, -0.2) is 4.39 Å². The first-order chi connectivity index (χ1) is 16.2. The third-order valence-electron chi connectivity index (χ3n) is 6.53. The van der Waals surface area contributed by atoms with Gasteiger partial charge in [0.05, 0.1) is 12.7 Å². The lowest BCUT2D eigenvalue weighted by atomic mass is 9.96. The lowest BCUT2D eigenvalue weighted by molar-refractivity contribution is -0.278. The van der Waals surface area contributed by atoms with Crippen molar-refractivity contribution in [1.29, 1.82) is 0 Å². The van der Waals surface area contributed by atoms with Gasteiger partial charge in [-0.1, -0.05) is 6.07 Å². The highest BCUT2D eigenvalue weighted by Crippen LogP contribution is 2.32. The van der Waals surface area contributed by atoms with Crippen LogP contribution in [0.2, 0.25) is 0 Å². The van der Waals surface area contributed by atoms with Gasteiger partial charge in [0.2, 0.25) is 12.2 Å². The molecule has 0 radical (unpaired) electrons. The van der Waals surface area contributed by atoms with E-state index in [-0.39, 0.29) is 23.8 Å². The van der Waals surface area contributed by atoms with Gasteiger partial charge in [0, 0.05) is 23.7 Å². The summed E-state index contributed by atoms with van der Waals surface area (Å²) in [5, 5.41) is 44.4. The van der Waals surface area contributed by atoms with Gasteiger partial charge in [-0.3, -0.25) is 4.68 Å². The molecule has 34 heavy (non-hydrogen) atoms. The quantitative estimate of drug-likeness (QED) is 0.449. The van der Waals surface area contributed by atoms with Gasteiger partial charge in [-0.2, -0.15) is 0 Å². The van der Waals surface area contributed by atoms with Crippen molar-refractivity contribution in [3.8, 4) is 11.6 Å². The van der Waals surface area contributed by atoms with Crippen LogP contribution in [0.3, 0.4) is 0 Å². The minimum absolute atomic E-state index is 0.000823. The minimum Gasteiger partial charge on any atom is -0.487 e. The van der Waals surface area contributed by atoms with Crippen molar-refractivity contribution >= 4 is 0 Å². The predicted octanol–water partition coefficient (Wildman–Crippen LogP) is 1.61. The molecule has 2 aromatic rings. The first kappa shape index (κ1) is 24.9. The summed E-state index contributed by atoms with van der Waals surface area (Å²) in [6.45, 7) is 5.21. The van der Waals surface area contributed by atoms with E-state index >= 15 is 0 Å². The number of nitrogens with zero attached hydrogens (tertiary/aromatic N) is 2. The molecular weight excluding hydrogens is 447 g/mol. The van der Waals surface area contributed by atoms with E-state index in [4.69, 9.17) is 14.2 Å². The van der Waals surface area contributed by atoms with E-state index in [1.54, 1.807) is 16.8 Å². The molecule has 1 saturated carbocycles. The maximum Gasteiger partial charge on any atom is 0.239 e. The van der Waals surface area contributed by atoms with Crippen LogP contribution >= 0.6 is 0 Å². The summed E-state index contributed by atoms with van der Waals surface area (Å²) in [5.41, 5.74) is 2.14. The van der Waals surface area contributed by atoms with Gasteiger partial charge in [-0.05, 0) is 57.7 Å². The fourth-order valence-electron chi connectivity index (χ4n) is 4.22. The van der Waals surface area contributed by atoms with Crippen LogP contribution in [0.5, 0.6) is 11.6 Å². The zero-order chi connectivity index (χ0) is 24.6. The molecule has 4 rings (SSSR count). The molecule has 4 N–H and O–H groups in total. The Bertz CT molecular complexity index is 992. The maximum atomic E-state index is 14.7. The van der Waals surface area contributed by atoms with Crippen LogP contribution in [0.15, 0.2) is 18.2 Å². The van der Waals surface area contributed by atoms with Crippen LogP contribution in [0.4, 0.5) is 4.39 Å². The summed E-state index contributed by atoms with van der Waals surface area (Å²) in [4.78, 5) is 0. The molecule has 5 atom stereocenters. The average Bonchev–Trinajstić information content (AvgIpc) is 3.07. The van der Waals surface area contributed by atoms with Gasteiger partial charge in [0.25, 0.3) is 0 Å². The average molecular weight is 481 g/mol. The second kappa shape index (κ2) is 10.2. The van der Waals surface area contributed by atoms with Crippen molar-refractivity contribution < 1.29 is 39.0 Å². The van der Waals surface area contributed by atoms with E-state index in [2.05, 4.69) is 5.10 Å². The molecular formula is C24H33FN2O7. The van der Waals surface area contributed by atoms with Crippen LogP contribution in [0, 0.1) is 12.7 Å². The van der Waals surface area contributed by atoms with E-state index in [1.807, 2.05) is 20.8 Å². The molecule has 0 bridgehead atoms. The summed E-state index contributed by atoms with van der Waals surface area (Å²) in [6.07, 6.45) is -3.73. The standard InChI is InChI=1S/C24H33FN2O7/c1-12(2)27-13(3)16(9-14-7-8-18(17(25)10-14)32-15-5-4-6-15)23(26-27)34-24-22(31)21(30)20(29)19(11-28)33-24/h7-8,10,12,15,19-22,24,28-31H,4-6,9,11H2,1-3H3/t19-,20-,21+,22-,24+/m1/s1. The molecule has 188 valence electrons. The molecule has 1 saturated heterocycles. The van der Waals surface area contributed by atoms with E-state index in [9.17, 15) is 24.8 Å². The van der Waals surface area contributed by atoms with E-state index in [1.165, 1.54) is 6.07 Å². The zero-order valence-electron chi connectivity index (χ0n) is 19.6. The molecule has 1 aliphatic carbocycles. The second-order valence-corrected chi connectivity index (χ2v) is 9.33. The summed E-state index contributed by atoms with van der Waals surface area (Å²) >= 11 is 0. The third kappa shape index (κ3) is 4.92. The van der Waals surface area contributed by atoms with Crippen molar-refractivity contribution in [3.63, 3.8) is 0 Å². The Balaban J connectivity index is 1.58. The number of hydrogen-bond acceptors (Lipinski definition) is 8. The largest absolute Gasteiger partial charge is 0.487 e. The fourth-order valence-corrected chi connectivity index (χ4v) is 4.22. The molecule has 2 heterocycles. The Morgan fingerprint density at radius 1 is 1.15 bits per heavy atom. The fraction of sp³-hybridized carbons (Fsp3) is 0.625. The van der Waals surface area contributed by atoms with Crippen molar-refractivity contribution in [2.45, 2.75) is 89.3 Å². The number of benzene rings is 1. The molecule has 1 aromatic heterocycles. The Kier molecular flexibility index (Phi) is 7.44. The number of rotatable bonds is 8. The second-order valence-electron chi connectivity index (χ2n) is 9.33. The van der Waals surface area contributed by atoms with Crippen LogP contribution in [-0.2, 0) is 11.2 Å².